The van der Waals surface area contributed by atoms with Gasteiger partial charge in [-0.15, -0.1) is 0 Å². The predicted octanol–water partition coefficient (Wildman–Crippen LogP) is 1.38. The Labute approximate surface area is 156 Å². The minimum Gasteiger partial charge on any atom is -0.312 e. The van der Waals surface area contributed by atoms with Gasteiger partial charge in [-0.25, -0.2) is 0 Å². The number of amides is 3. The van der Waals surface area contributed by atoms with E-state index < -0.39 is 11.8 Å². The summed E-state index contributed by atoms with van der Waals surface area (Å²) in [6, 6.07) is 9.33. The molecule has 1 saturated heterocycles. The van der Waals surface area contributed by atoms with Gasteiger partial charge in [-0.3, -0.25) is 30.2 Å². The number of rotatable bonds is 3. The van der Waals surface area contributed by atoms with E-state index in [0.717, 1.165) is 24.9 Å². The van der Waals surface area contributed by atoms with Gasteiger partial charge in [-0.05, 0) is 54.7 Å². The smallest absolute Gasteiger partial charge is 0.271 e. The molecule has 2 heterocycles. The molecule has 1 fully saturated rings. The van der Waals surface area contributed by atoms with E-state index in [1.807, 2.05) is 6.07 Å². The normalized spacial score (nSPS) is 18.3. The van der Waals surface area contributed by atoms with Gasteiger partial charge in [0.1, 0.15) is 0 Å². The number of fused-ring (bicyclic) bond motifs is 1. The number of anilines is 1. The second kappa shape index (κ2) is 7.19. The molecule has 3 amide bonds. The highest BCUT2D eigenvalue weighted by molar-refractivity contribution is 6.01. The largest absolute Gasteiger partial charge is 0.312 e. The Kier molecular flexibility index (Phi) is 4.58. The van der Waals surface area contributed by atoms with Gasteiger partial charge >= 0.3 is 0 Å². The Balaban J connectivity index is 1.37. The standard InChI is InChI=1S/C20H20N4O3/c25-18-10-16(20(27)23-22-19(26)15-5-2-8-21-11-15)12-24(18)17-7-6-13-3-1-4-14(13)9-17/h2,5-9,11,16H,1,3-4,10,12H2,(H,22,26)(H,23,27)/t16-/m0/s1. The van der Waals surface area contributed by atoms with E-state index in [2.05, 4.69) is 28.0 Å². The monoisotopic (exact) mass is 364 g/mol. The molecule has 1 aliphatic carbocycles. The summed E-state index contributed by atoms with van der Waals surface area (Å²) in [5, 5.41) is 0. The van der Waals surface area contributed by atoms with Crippen LogP contribution in [0.15, 0.2) is 42.7 Å². The molecule has 1 atom stereocenters. The molecule has 27 heavy (non-hydrogen) atoms. The van der Waals surface area contributed by atoms with Crippen molar-refractivity contribution in [3.05, 3.63) is 59.4 Å². The van der Waals surface area contributed by atoms with Crippen molar-refractivity contribution in [3.63, 3.8) is 0 Å². The van der Waals surface area contributed by atoms with Gasteiger partial charge in [0.05, 0.1) is 11.5 Å². The lowest BCUT2D eigenvalue weighted by molar-refractivity contribution is -0.126. The first-order chi connectivity index (χ1) is 13.1. The van der Waals surface area contributed by atoms with Gasteiger partial charge in [0.2, 0.25) is 11.8 Å². The first kappa shape index (κ1) is 17.2. The first-order valence-electron chi connectivity index (χ1n) is 9.04. The number of benzene rings is 1. The summed E-state index contributed by atoms with van der Waals surface area (Å²) < 4.78 is 0. The number of hydrogen-bond donors (Lipinski definition) is 2. The molecular formula is C20H20N4O3. The summed E-state index contributed by atoms with van der Waals surface area (Å²) >= 11 is 0. The molecule has 4 rings (SSSR count). The van der Waals surface area contributed by atoms with Crippen molar-refractivity contribution in [3.8, 4) is 0 Å². The van der Waals surface area contributed by atoms with E-state index in [4.69, 9.17) is 0 Å². The number of nitrogens with zero attached hydrogens (tertiary/aromatic N) is 2. The molecule has 0 radical (unpaired) electrons. The predicted molar refractivity (Wildman–Crippen MR) is 98.8 cm³/mol. The minimum atomic E-state index is -0.500. The third kappa shape index (κ3) is 3.53. The third-order valence-electron chi connectivity index (χ3n) is 5.11. The summed E-state index contributed by atoms with van der Waals surface area (Å²) in [5.41, 5.74) is 8.61. The molecular weight excluding hydrogens is 344 g/mol. The second-order valence-electron chi connectivity index (χ2n) is 6.90. The molecule has 1 aromatic heterocycles. The van der Waals surface area contributed by atoms with Crippen molar-refractivity contribution < 1.29 is 14.4 Å². The Morgan fingerprint density at radius 3 is 2.78 bits per heavy atom. The first-order valence-corrected chi connectivity index (χ1v) is 9.04. The number of nitrogens with one attached hydrogen (secondary N) is 2. The summed E-state index contributed by atoms with van der Waals surface area (Å²) in [7, 11) is 0. The maximum Gasteiger partial charge on any atom is 0.271 e. The van der Waals surface area contributed by atoms with Crippen LogP contribution in [0.25, 0.3) is 0 Å². The van der Waals surface area contributed by atoms with E-state index >= 15 is 0 Å². The molecule has 1 aliphatic heterocycles. The molecule has 0 spiro atoms. The Morgan fingerprint density at radius 2 is 1.96 bits per heavy atom. The number of hydrazine groups is 1. The fourth-order valence-corrected chi connectivity index (χ4v) is 3.65. The van der Waals surface area contributed by atoms with Gasteiger partial charge < -0.3 is 4.90 Å². The zero-order chi connectivity index (χ0) is 18.8. The van der Waals surface area contributed by atoms with Crippen molar-refractivity contribution in [2.45, 2.75) is 25.7 Å². The third-order valence-corrected chi connectivity index (χ3v) is 5.11. The van der Waals surface area contributed by atoms with Gasteiger partial charge in [-0.1, -0.05) is 6.07 Å². The Morgan fingerprint density at radius 1 is 1.11 bits per heavy atom. The van der Waals surface area contributed by atoms with E-state index in [-0.39, 0.29) is 18.2 Å². The molecule has 2 aromatic rings. The summed E-state index contributed by atoms with van der Waals surface area (Å²) in [4.78, 5) is 42.3. The zero-order valence-electron chi connectivity index (χ0n) is 14.8. The van der Waals surface area contributed by atoms with Crippen molar-refractivity contribution in [1.29, 1.82) is 0 Å². The van der Waals surface area contributed by atoms with Crippen molar-refractivity contribution in [1.82, 2.24) is 15.8 Å². The van der Waals surface area contributed by atoms with Crippen molar-refractivity contribution in [2.24, 2.45) is 5.92 Å². The number of carbonyl (C=O) groups excluding carboxylic acids is 3. The maximum atomic E-state index is 12.4. The van der Waals surface area contributed by atoms with Gasteiger partial charge in [0, 0.05) is 31.0 Å². The van der Waals surface area contributed by atoms with E-state index in [1.165, 1.54) is 17.3 Å². The van der Waals surface area contributed by atoms with Crippen LogP contribution in [0.3, 0.4) is 0 Å². The van der Waals surface area contributed by atoms with Crippen LogP contribution in [0.5, 0.6) is 0 Å². The van der Waals surface area contributed by atoms with E-state index in [1.54, 1.807) is 23.2 Å². The van der Waals surface area contributed by atoms with Crippen molar-refractivity contribution in [2.75, 3.05) is 11.4 Å². The fraction of sp³-hybridized carbons (Fsp3) is 0.300. The minimum absolute atomic E-state index is 0.0771. The van der Waals surface area contributed by atoms with Gasteiger partial charge in [0.15, 0.2) is 0 Å². The van der Waals surface area contributed by atoms with E-state index in [9.17, 15) is 14.4 Å². The highest BCUT2D eigenvalue weighted by Gasteiger charge is 2.35. The lowest BCUT2D eigenvalue weighted by atomic mass is 10.1. The lowest BCUT2D eigenvalue weighted by Crippen LogP contribution is -2.45. The summed E-state index contributed by atoms with van der Waals surface area (Å²) in [6.45, 7) is 0.312. The summed E-state index contributed by atoms with van der Waals surface area (Å²) in [5.74, 6) is -1.40. The number of carbonyl (C=O) groups is 3. The maximum absolute atomic E-state index is 12.4. The van der Waals surface area contributed by atoms with Crippen molar-refractivity contribution >= 4 is 23.4 Å². The molecule has 0 saturated carbocycles. The quantitative estimate of drug-likeness (QED) is 0.805. The molecule has 7 nitrogen and oxygen atoms in total. The lowest BCUT2D eigenvalue weighted by Gasteiger charge is -2.18. The molecule has 1 aromatic carbocycles. The van der Waals surface area contributed by atoms with Gasteiger partial charge in [-0.2, -0.15) is 0 Å². The van der Waals surface area contributed by atoms with Gasteiger partial charge in [0.25, 0.3) is 5.91 Å². The second-order valence-corrected chi connectivity index (χ2v) is 6.90. The number of aromatic nitrogens is 1. The Hall–Kier alpha value is -3.22. The van der Waals surface area contributed by atoms with E-state index in [0.29, 0.717) is 12.1 Å². The number of hydrogen-bond acceptors (Lipinski definition) is 4. The average molecular weight is 364 g/mol. The highest BCUT2D eigenvalue weighted by Crippen LogP contribution is 2.30. The molecule has 7 heteroatoms. The summed E-state index contributed by atoms with van der Waals surface area (Å²) in [6.07, 6.45) is 6.38. The topological polar surface area (TPSA) is 91.4 Å². The average Bonchev–Trinajstić information content (AvgIpc) is 3.32. The Bertz CT molecular complexity index is 897. The van der Waals surface area contributed by atoms with Crippen LogP contribution >= 0.6 is 0 Å². The molecule has 2 N–H and O–H groups in total. The highest BCUT2D eigenvalue weighted by atomic mass is 16.2. The zero-order valence-corrected chi connectivity index (χ0v) is 14.8. The van der Waals surface area contributed by atoms with Crippen LogP contribution in [0.4, 0.5) is 5.69 Å². The van der Waals surface area contributed by atoms with Crippen LogP contribution in [0.1, 0.15) is 34.3 Å². The number of pyridine rings is 1. The number of aryl methyl sites for hydroxylation is 2. The van der Waals surface area contributed by atoms with Crippen LogP contribution in [-0.4, -0.2) is 29.3 Å². The molecule has 0 unspecified atom stereocenters. The molecule has 0 bridgehead atoms. The molecule has 2 aliphatic rings. The van der Waals surface area contributed by atoms with Crippen LogP contribution in [0.2, 0.25) is 0 Å². The SMILES string of the molecule is O=C(NNC(=O)[C@H]1CC(=O)N(c2ccc3c(c2)CCC3)C1)c1cccnc1. The van der Waals surface area contributed by atoms with Crippen LogP contribution in [-0.2, 0) is 22.4 Å². The molecule has 138 valence electrons. The van der Waals surface area contributed by atoms with Crippen LogP contribution < -0.4 is 15.8 Å². The fourth-order valence-electron chi connectivity index (χ4n) is 3.65. The van der Waals surface area contributed by atoms with Crippen LogP contribution in [0, 0.1) is 5.92 Å².